The SMILES string of the molecule is CCC=C(C)C(CCCCCCCCCCCCCC)n1c(O)ccc1O. The molecule has 1 unspecified atom stereocenters. The van der Waals surface area contributed by atoms with Crippen molar-refractivity contribution in [1.29, 1.82) is 0 Å². The second-order valence-electron chi connectivity index (χ2n) is 7.97. The Balaban J connectivity index is 2.23. The fourth-order valence-corrected chi connectivity index (χ4v) is 3.94. The minimum absolute atomic E-state index is 0.0584. The van der Waals surface area contributed by atoms with Crippen molar-refractivity contribution >= 4 is 0 Å². The first-order valence-corrected chi connectivity index (χ1v) is 11.4. The number of aromatic hydroxyl groups is 2. The monoisotopic (exact) mass is 377 g/mol. The molecule has 1 rings (SSSR count). The summed E-state index contributed by atoms with van der Waals surface area (Å²) in [6.07, 6.45) is 20.3. The zero-order valence-electron chi connectivity index (χ0n) is 18.1. The molecule has 0 aliphatic heterocycles. The molecule has 3 heteroatoms. The zero-order chi connectivity index (χ0) is 19.9. The topological polar surface area (TPSA) is 45.4 Å². The van der Waals surface area contributed by atoms with E-state index in [1.165, 1.54) is 76.2 Å². The van der Waals surface area contributed by atoms with E-state index in [9.17, 15) is 10.2 Å². The average molecular weight is 378 g/mol. The van der Waals surface area contributed by atoms with Crippen LogP contribution >= 0.6 is 0 Å². The molecule has 0 saturated heterocycles. The van der Waals surface area contributed by atoms with Crippen LogP contribution in [0.1, 0.15) is 117 Å². The molecular weight excluding hydrogens is 334 g/mol. The van der Waals surface area contributed by atoms with Gasteiger partial charge in [0.2, 0.25) is 0 Å². The smallest absolute Gasteiger partial charge is 0.194 e. The van der Waals surface area contributed by atoms with E-state index >= 15 is 0 Å². The Morgan fingerprint density at radius 2 is 1.26 bits per heavy atom. The second kappa shape index (κ2) is 14.6. The molecule has 2 N–H and O–H groups in total. The highest BCUT2D eigenvalue weighted by molar-refractivity contribution is 5.27. The van der Waals surface area contributed by atoms with Crippen LogP contribution in [0.4, 0.5) is 0 Å². The van der Waals surface area contributed by atoms with E-state index in [4.69, 9.17) is 0 Å². The van der Waals surface area contributed by atoms with E-state index in [1.807, 2.05) is 0 Å². The Morgan fingerprint density at radius 1 is 0.815 bits per heavy atom. The fraction of sp³-hybridized carbons (Fsp3) is 0.750. The molecule has 0 spiro atoms. The summed E-state index contributed by atoms with van der Waals surface area (Å²) in [6.45, 7) is 6.50. The standard InChI is InChI=1S/C24H43NO2/c1-4-6-7-8-9-10-11-12-13-14-15-16-18-22(21(3)17-5-2)25-23(26)19-20-24(25)27/h17,19-20,22,26-27H,4-16,18H2,1-3H3. The molecule has 27 heavy (non-hydrogen) atoms. The first-order chi connectivity index (χ1) is 13.1. The molecule has 1 aromatic rings. The lowest BCUT2D eigenvalue weighted by Gasteiger charge is -2.22. The molecule has 0 radical (unpaired) electrons. The number of hydrogen-bond acceptors (Lipinski definition) is 2. The van der Waals surface area contributed by atoms with Gasteiger partial charge in [-0.2, -0.15) is 0 Å². The average Bonchev–Trinajstić information content (AvgIpc) is 2.98. The number of hydrogen-bond donors (Lipinski definition) is 2. The Labute approximate surface area is 167 Å². The van der Waals surface area contributed by atoms with Gasteiger partial charge in [-0.1, -0.05) is 103 Å². The van der Waals surface area contributed by atoms with Gasteiger partial charge in [-0.15, -0.1) is 0 Å². The van der Waals surface area contributed by atoms with Crippen molar-refractivity contribution in [2.75, 3.05) is 0 Å². The largest absolute Gasteiger partial charge is 0.494 e. The third kappa shape index (κ3) is 9.39. The van der Waals surface area contributed by atoms with Crippen LogP contribution in [0.15, 0.2) is 23.8 Å². The van der Waals surface area contributed by atoms with Gasteiger partial charge in [0.25, 0.3) is 0 Å². The van der Waals surface area contributed by atoms with Gasteiger partial charge in [0, 0.05) is 12.1 Å². The van der Waals surface area contributed by atoms with Crippen LogP contribution in [-0.2, 0) is 0 Å². The minimum atomic E-state index is 0.0584. The summed E-state index contributed by atoms with van der Waals surface area (Å²) in [4.78, 5) is 0. The normalized spacial score (nSPS) is 13.2. The van der Waals surface area contributed by atoms with Gasteiger partial charge in [0.15, 0.2) is 11.8 Å². The minimum Gasteiger partial charge on any atom is -0.494 e. The number of aromatic nitrogens is 1. The first-order valence-electron chi connectivity index (χ1n) is 11.4. The van der Waals surface area contributed by atoms with Crippen LogP contribution in [0, 0.1) is 0 Å². The lowest BCUT2D eigenvalue weighted by molar-refractivity contribution is 0.336. The van der Waals surface area contributed by atoms with Crippen LogP contribution in [0.5, 0.6) is 11.8 Å². The second-order valence-corrected chi connectivity index (χ2v) is 7.97. The maximum absolute atomic E-state index is 10.1. The van der Waals surface area contributed by atoms with Gasteiger partial charge in [-0.3, -0.25) is 4.57 Å². The Morgan fingerprint density at radius 3 is 1.70 bits per heavy atom. The predicted molar refractivity (Wildman–Crippen MR) is 117 cm³/mol. The fourth-order valence-electron chi connectivity index (χ4n) is 3.94. The van der Waals surface area contributed by atoms with Gasteiger partial charge in [0.1, 0.15) is 0 Å². The van der Waals surface area contributed by atoms with Crippen molar-refractivity contribution in [2.24, 2.45) is 0 Å². The number of unbranched alkanes of at least 4 members (excludes halogenated alkanes) is 11. The lowest BCUT2D eigenvalue weighted by Crippen LogP contribution is -2.10. The van der Waals surface area contributed by atoms with E-state index in [-0.39, 0.29) is 17.8 Å². The van der Waals surface area contributed by atoms with Gasteiger partial charge in [-0.05, 0) is 19.8 Å². The molecule has 1 aromatic heterocycles. The summed E-state index contributed by atoms with van der Waals surface area (Å²) in [5.74, 6) is 0.306. The van der Waals surface area contributed by atoms with Crippen LogP contribution in [0.25, 0.3) is 0 Å². The molecule has 0 saturated carbocycles. The molecule has 0 amide bonds. The summed E-state index contributed by atoms with van der Waals surface area (Å²) in [6, 6.07) is 3.20. The highest BCUT2D eigenvalue weighted by Gasteiger charge is 2.18. The van der Waals surface area contributed by atoms with Crippen LogP contribution in [-0.4, -0.2) is 14.8 Å². The Kier molecular flexibility index (Phi) is 12.8. The van der Waals surface area contributed by atoms with E-state index in [0.717, 1.165) is 19.3 Å². The lowest BCUT2D eigenvalue weighted by atomic mass is 9.99. The molecular formula is C24H43NO2. The summed E-state index contributed by atoms with van der Waals surface area (Å²) >= 11 is 0. The third-order valence-corrected chi connectivity index (χ3v) is 5.57. The van der Waals surface area contributed by atoms with E-state index < -0.39 is 0 Å². The highest BCUT2D eigenvalue weighted by Crippen LogP contribution is 2.34. The van der Waals surface area contributed by atoms with Gasteiger partial charge < -0.3 is 10.2 Å². The van der Waals surface area contributed by atoms with Crippen molar-refractivity contribution in [3.8, 4) is 11.8 Å². The summed E-state index contributed by atoms with van der Waals surface area (Å²) < 4.78 is 1.67. The van der Waals surface area contributed by atoms with Crippen molar-refractivity contribution < 1.29 is 10.2 Å². The van der Waals surface area contributed by atoms with Gasteiger partial charge in [0.05, 0.1) is 6.04 Å². The summed E-state index contributed by atoms with van der Waals surface area (Å²) in [5, 5.41) is 20.2. The molecule has 1 atom stereocenters. The van der Waals surface area contributed by atoms with Crippen molar-refractivity contribution in [2.45, 2.75) is 117 Å². The van der Waals surface area contributed by atoms with Crippen LogP contribution in [0.3, 0.4) is 0 Å². The van der Waals surface area contributed by atoms with Crippen LogP contribution < -0.4 is 0 Å². The molecule has 0 fully saturated rings. The first kappa shape index (κ1) is 23.7. The van der Waals surface area contributed by atoms with Crippen molar-refractivity contribution in [3.05, 3.63) is 23.8 Å². The summed E-state index contributed by atoms with van der Waals surface area (Å²) in [5.41, 5.74) is 1.22. The molecule has 3 nitrogen and oxygen atoms in total. The molecule has 0 aromatic carbocycles. The molecule has 1 heterocycles. The van der Waals surface area contributed by atoms with Crippen molar-refractivity contribution in [3.63, 3.8) is 0 Å². The van der Waals surface area contributed by atoms with Gasteiger partial charge in [-0.25, -0.2) is 0 Å². The van der Waals surface area contributed by atoms with Crippen molar-refractivity contribution in [1.82, 2.24) is 4.57 Å². The predicted octanol–water partition coefficient (Wildman–Crippen LogP) is 7.89. The van der Waals surface area contributed by atoms with Gasteiger partial charge >= 0.3 is 0 Å². The quantitative estimate of drug-likeness (QED) is 0.227. The maximum Gasteiger partial charge on any atom is 0.194 e. The number of allylic oxidation sites excluding steroid dienone is 2. The van der Waals surface area contributed by atoms with E-state index in [2.05, 4.69) is 26.8 Å². The van der Waals surface area contributed by atoms with E-state index in [1.54, 1.807) is 16.7 Å². The maximum atomic E-state index is 10.1. The molecule has 0 bridgehead atoms. The van der Waals surface area contributed by atoms with E-state index in [0.29, 0.717) is 0 Å². The number of nitrogens with zero attached hydrogens (tertiary/aromatic N) is 1. The molecule has 156 valence electrons. The Hall–Kier alpha value is -1.38. The Bertz CT molecular complexity index is 499. The zero-order valence-corrected chi connectivity index (χ0v) is 18.1. The summed E-state index contributed by atoms with van der Waals surface area (Å²) in [7, 11) is 0. The molecule has 0 aliphatic carbocycles. The third-order valence-electron chi connectivity index (χ3n) is 5.57. The van der Waals surface area contributed by atoms with Crippen LogP contribution in [0.2, 0.25) is 0 Å². The highest BCUT2D eigenvalue weighted by atomic mass is 16.3. The number of rotatable bonds is 16. The molecule has 0 aliphatic rings.